The molecule has 1 aliphatic rings. The Bertz CT molecular complexity index is 849. The number of thioether (sulfide) groups is 1. The molecule has 1 aliphatic heterocycles. The van der Waals surface area contributed by atoms with Gasteiger partial charge in [0.15, 0.2) is 15.8 Å². The lowest BCUT2D eigenvalue weighted by molar-refractivity contribution is -0.113. The summed E-state index contributed by atoms with van der Waals surface area (Å²) in [5.74, 6) is -0.327. The van der Waals surface area contributed by atoms with Crippen molar-refractivity contribution in [1.82, 2.24) is 0 Å². The van der Waals surface area contributed by atoms with Crippen LogP contribution in [0.5, 0.6) is 11.5 Å². The van der Waals surface area contributed by atoms with E-state index >= 15 is 0 Å². The topological polar surface area (TPSA) is 49.8 Å². The summed E-state index contributed by atoms with van der Waals surface area (Å²) < 4.78 is 18.4. The first-order chi connectivity index (χ1) is 11.5. The van der Waals surface area contributed by atoms with Crippen LogP contribution in [0.15, 0.2) is 47.4 Å². The van der Waals surface area contributed by atoms with Gasteiger partial charge in [0.05, 0.1) is 17.7 Å². The molecule has 1 amide bonds. The molecule has 1 heterocycles. The fraction of sp³-hybridized carbons (Fsp3) is 0.0588. The number of phenolic OH excluding ortho intramolecular Hbond substituents is 1. The molecule has 24 heavy (non-hydrogen) atoms. The van der Waals surface area contributed by atoms with Gasteiger partial charge in [-0.2, -0.15) is 0 Å². The van der Waals surface area contributed by atoms with E-state index in [1.165, 1.54) is 42.3 Å². The lowest BCUT2D eigenvalue weighted by Crippen LogP contribution is -2.27. The number of carbonyl (C=O) groups excluding carboxylic acids is 1. The van der Waals surface area contributed by atoms with E-state index in [4.69, 9.17) is 17.0 Å². The number of amides is 1. The van der Waals surface area contributed by atoms with E-state index in [0.29, 0.717) is 26.2 Å². The molecule has 2 aromatic carbocycles. The molecule has 7 heteroatoms. The Hall–Kier alpha value is -2.38. The summed E-state index contributed by atoms with van der Waals surface area (Å²) in [6, 6.07) is 10.4. The Morgan fingerprint density at radius 1 is 1.25 bits per heavy atom. The maximum atomic E-state index is 13.0. The number of halogens is 1. The van der Waals surface area contributed by atoms with Crippen LogP contribution in [0.2, 0.25) is 0 Å². The number of carbonyl (C=O) groups is 1. The fourth-order valence-corrected chi connectivity index (χ4v) is 3.53. The lowest BCUT2D eigenvalue weighted by atomic mass is 10.2. The van der Waals surface area contributed by atoms with Crippen molar-refractivity contribution < 1.29 is 19.0 Å². The van der Waals surface area contributed by atoms with Gasteiger partial charge in [-0.1, -0.05) is 30.0 Å². The van der Waals surface area contributed by atoms with Gasteiger partial charge in [0.1, 0.15) is 5.82 Å². The number of ether oxygens (including phenoxy) is 1. The van der Waals surface area contributed by atoms with Gasteiger partial charge in [-0.15, -0.1) is 0 Å². The molecule has 122 valence electrons. The number of rotatable bonds is 3. The van der Waals surface area contributed by atoms with Crippen molar-refractivity contribution in [2.24, 2.45) is 0 Å². The van der Waals surface area contributed by atoms with Crippen molar-refractivity contribution in [2.75, 3.05) is 12.0 Å². The third-order valence-electron chi connectivity index (χ3n) is 3.38. The zero-order chi connectivity index (χ0) is 17.3. The molecular weight excluding hydrogens is 349 g/mol. The number of nitrogens with zero attached hydrogens (tertiary/aromatic N) is 1. The Morgan fingerprint density at radius 3 is 2.58 bits per heavy atom. The van der Waals surface area contributed by atoms with E-state index in [0.717, 1.165) is 11.8 Å². The summed E-state index contributed by atoms with van der Waals surface area (Å²) in [5, 5.41) is 9.82. The highest BCUT2D eigenvalue weighted by Gasteiger charge is 2.33. The van der Waals surface area contributed by atoms with Crippen molar-refractivity contribution >= 4 is 46.0 Å². The predicted octanol–water partition coefficient (Wildman–Crippen LogP) is 3.95. The normalized spacial score (nSPS) is 16.1. The third kappa shape index (κ3) is 3.13. The zero-order valence-electron chi connectivity index (χ0n) is 12.5. The SMILES string of the molecule is COc1ccc(/C=C2/SC(=S)N(c3ccc(F)cc3)C2=O)cc1O. The molecule has 0 atom stereocenters. The molecule has 2 aromatic rings. The smallest absolute Gasteiger partial charge is 0.270 e. The second kappa shape index (κ2) is 6.62. The molecule has 1 saturated heterocycles. The van der Waals surface area contributed by atoms with Crippen molar-refractivity contribution in [3.8, 4) is 11.5 Å². The van der Waals surface area contributed by atoms with E-state index < -0.39 is 0 Å². The summed E-state index contributed by atoms with van der Waals surface area (Å²) in [6.07, 6.45) is 1.64. The molecule has 0 unspecified atom stereocenters. The highest BCUT2D eigenvalue weighted by atomic mass is 32.2. The molecule has 0 spiro atoms. The van der Waals surface area contributed by atoms with E-state index in [-0.39, 0.29) is 17.5 Å². The van der Waals surface area contributed by atoms with Crippen molar-refractivity contribution in [2.45, 2.75) is 0 Å². The van der Waals surface area contributed by atoms with Crippen LogP contribution in [-0.4, -0.2) is 22.4 Å². The summed E-state index contributed by atoms with van der Waals surface area (Å²) in [7, 11) is 1.46. The molecule has 0 aromatic heterocycles. The molecule has 3 rings (SSSR count). The number of methoxy groups -OCH3 is 1. The average molecular weight is 361 g/mol. The third-order valence-corrected chi connectivity index (χ3v) is 4.68. The van der Waals surface area contributed by atoms with E-state index in [2.05, 4.69) is 0 Å². The van der Waals surface area contributed by atoms with Gasteiger partial charge in [0.2, 0.25) is 0 Å². The quantitative estimate of drug-likeness (QED) is 0.663. The minimum atomic E-state index is -0.381. The van der Waals surface area contributed by atoms with Crippen LogP contribution in [-0.2, 0) is 4.79 Å². The van der Waals surface area contributed by atoms with Gasteiger partial charge >= 0.3 is 0 Å². The van der Waals surface area contributed by atoms with Gasteiger partial charge in [0, 0.05) is 0 Å². The monoisotopic (exact) mass is 361 g/mol. The summed E-state index contributed by atoms with van der Waals surface area (Å²) in [6.45, 7) is 0. The molecule has 0 aliphatic carbocycles. The number of hydrogen-bond acceptors (Lipinski definition) is 5. The molecule has 1 fully saturated rings. The first-order valence-corrected chi connectivity index (χ1v) is 8.12. The number of anilines is 1. The van der Waals surface area contributed by atoms with Crippen LogP contribution in [0, 0.1) is 5.82 Å². The van der Waals surface area contributed by atoms with Crippen molar-refractivity contribution in [1.29, 1.82) is 0 Å². The zero-order valence-corrected chi connectivity index (χ0v) is 14.2. The van der Waals surface area contributed by atoms with Gasteiger partial charge < -0.3 is 9.84 Å². The largest absolute Gasteiger partial charge is 0.504 e. The van der Waals surface area contributed by atoms with E-state index in [1.807, 2.05) is 0 Å². The molecule has 0 bridgehead atoms. The van der Waals surface area contributed by atoms with Crippen LogP contribution in [0.4, 0.5) is 10.1 Å². The maximum Gasteiger partial charge on any atom is 0.270 e. The maximum absolute atomic E-state index is 13.0. The predicted molar refractivity (Wildman–Crippen MR) is 96.7 cm³/mol. The van der Waals surface area contributed by atoms with Crippen LogP contribution in [0.25, 0.3) is 6.08 Å². The summed E-state index contributed by atoms with van der Waals surface area (Å²) >= 11 is 6.41. The van der Waals surface area contributed by atoms with Crippen molar-refractivity contribution in [3.63, 3.8) is 0 Å². The summed E-state index contributed by atoms with van der Waals surface area (Å²) in [4.78, 5) is 14.4. The molecule has 1 N–H and O–H groups in total. The Kier molecular flexibility index (Phi) is 4.55. The van der Waals surface area contributed by atoms with Crippen LogP contribution in [0.3, 0.4) is 0 Å². The molecule has 4 nitrogen and oxygen atoms in total. The Balaban J connectivity index is 1.90. The minimum absolute atomic E-state index is 0.0136. The first-order valence-electron chi connectivity index (χ1n) is 6.90. The molecular formula is C17H12FNO3S2. The lowest BCUT2D eigenvalue weighted by Gasteiger charge is -2.14. The standard InChI is InChI=1S/C17H12FNO3S2/c1-22-14-7-2-10(8-13(14)20)9-15-16(21)19(17(23)24-15)12-5-3-11(18)4-6-12/h2-9,20H,1H3/b15-9+. The first kappa shape index (κ1) is 16.5. The number of benzene rings is 2. The molecule has 0 radical (unpaired) electrons. The Labute approximate surface area is 147 Å². The van der Waals surface area contributed by atoms with Crippen molar-refractivity contribution in [3.05, 3.63) is 58.8 Å². The van der Waals surface area contributed by atoms with Crippen LogP contribution < -0.4 is 9.64 Å². The number of hydrogen-bond donors (Lipinski definition) is 1. The van der Waals surface area contributed by atoms with Gasteiger partial charge in [-0.25, -0.2) is 4.39 Å². The fourth-order valence-electron chi connectivity index (χ4n) is 2.23. The Morgan fingerprint density at radius 2 is 1.96 bits per heavy atom. The number of aromatic hydroxyl groups is 1. The van der Waals surface area contributed by atoms with Gasteiger partial charge in [-0.3, -0.25) is 9.69 Å². The number of thiocarbonyl (C=S) groups is 1. The van der Waals surface area contributed by atoms with Gasteiger partial charge in [-0.05, 0) is 48.0 Å². The highest BCUT2D eigenvalue weighted by Crippen LogP contribution is 2.37. The van der Waals surface area contributed by atoms with E-state index in [1.54, 1.807) is 18.2 Å². The number of phenols is 1. The van der Waals surface area contributed by atoms with Crippen LogP contribution in [0.1, 0.15) is 5.56 Å². The highest BCUT2D eigenvalue weighted by molar-refractivity contribution is 8.27. The van der Waals surface area contributed by atoms with E-state index in [9.17, 15) is 14.3 Å². The second-order valence-corrected chi connectivity index (χ2v) is 6.60. The molecule has 0 saturated carbocycles. The second-order valence-electron chi connectivity index (χ2n) is 4.92. The summed E-state index contributed by atoms with van der Waals surface area (Å²) in [5.41, 5.74) is 1.16. The minimum Gasteiger partial charge on any atom is -0.504 e. The van der Waals surface area contributed by atoms with Crippen LogP contribution >= 0.6 is 24.0 Å². The van der Waals surface area contributed by atoms with Gasteiger partial charge in [0.25, 0.3) is 5.91 Å². The average Bonchev–Trinajstić information content (AvgIpc) is 2.83.